The molecule has 1 fully saturated rings. The molecule has 1 amide bonds. The van der Waals surface area contributed by atoms with Crippen molar-refractivity contribution in [3.63, 3.8) is 0 Å². The number of rotatable bonds is 2. The van der Waals surface area contributed by atoms with Gasteiger partial charge in [0.1, 0.15) is 4.75 Å². The van der Waals surface area contributed by atoms with Crippen molar-refractivity contribution in [3.8, 4) is 0 Å². The lowest BCUT2D eigenvalue weighted by atomic mass is 9.73. The van der Waals surface area contributed by atoms with Gasteiger partial charge in [0.05, 0.1) is 6.04 Å². The van der Waals surface area contributed by atoms with E-state index in [0.717, 1.165) is 36.2 Å². The van der Waals surface area contributed by atoms with Gasteiger partial charge in [-0.05, 0) is 58.6 Å². The van der Waals surface area contributed by atoms with E-state index < -0.39 is 17.5 Å². The normalized spacial score (nSPS) is 23.6. The average Bonchev–Trinajstić information content (AvgIpc) is 2.79. The summed E-state index contributed by atoms with van der Waals surface area (Å²) in [5.41, 5.74) is 3.05. The van der Waals surface area contributed by atoms with Crippen molar-refractivity contribution < 1.29 is 14.5 Å². The van der Waals surface area contributed by atoms with Gasteiger partial charge in [0.25, 0.3) is 0 Å². The molecule has 1 spiro atoms. The zero-order chi connectivity index (χ0) is 18.4. The lowest BCUT2D eigenvalue weighted by Crippen LogP contribution is -2.50. The summed E-state index contributed by atoms with van der Waals surface area (Å²) in [5.74, 6) is 0. The molecule has 1 unspecified atom stereocenters. The summed E-state index contributed by atoms with van der Waals surface area (Å²) >= 11 is -1.19. The fraction of sp³-hybridized carbons (Fsp3) is 0.667. The Morgan fingerprint density at radius 1 is 1.40 bits per heavy atom. The van der Waals surface area contributed by atoms with Crippen LogP contribution in [0.2, 0.25) is 0 Å². The maximum absolute atomic E-state index is 12.8. The third-order valence-corrected chi connectivity index (χ3v) is 6.96. The van der Waals surface area contributed by atoms with Gasteiger partial charge in [0.2, 0.25) is 0 Å². The minimum atomic E-state index is -1.19. The largest absolute Gasteiger partial charge is 0.598 e. The van der Waals surface area contributed by atoms with Crippen molar-refractivity contribution >= 4 is 17.5 Å². The molecular formula is C18H27N3O3S. The van der Waals surface area contributed by atoms with Crippen LogP contribution in [0.5, 0.6) is 0 Å². The van der Waals surface area contributed by atoms with Crippen LogP contribution < -0.4 is 4.72 Å². The van der Waals surface area contributed by atoms with Crippen LogP contribution in [-0.4, -0.2) is 43.5 Å². The van der Waals surface area contributed by atoms with Crippen LogP contribution in [0.4, 0.5) is 4.79 Å². The maximum Gasteiger partial charge on any atom is 0.407 e. The van der Waals surface area contributed by atoms with Crippen molar-refractivity contribution in [2.24, 2.45) is 5.41 Å². The van der Waals surface area contributed by atoms with E-state index in [0.29, 0.717) is 13.1 Å². The standard InChI is InChI=1S/C18H27N3O3S/c1-12-5-6-13-14(19-12)11-18(7-9-21(10-8-18)16(22)23)15(13)20-25(24)17(2,3)4/h5-6,15,20H,7-11H2,1-4H3,(H,22,23)/t15-,25?/m0/s1. The number of hydrogen-bond donors (Lipinski definition) is 2. The first kappa shape index (κ1) is 18.5. The molecule has 1 aliphatic heterocycles. The van der Waals surface area contributed by atoms with Crippen molar-refractivity contribution in [1.29, 1.82) is 0 Å². The van der Waals surface area contributed by atoms with Gasteiger partial charge in [-0.3, -0.25) is 4.98 Å². The SMILES string of the molecule is Cc1ccc2c(n1)CC1(CCN(C(=O)O)CC1)[C@H]2N[S+]([O-])C(C)(C)C. The van der Waals surface area contributed by atoms with Crippen LogP contribution in [0.15, 0.2) is 12.1 Å². The molecule has 138 valence electrons. The molecular weight excluding hydrogens is 338 g/mol. The first-order valence-electron chi connectivity index (χ1n) is 8.75. The Morgan fingerprint density at radius 2 is 2.04 bits per heavy atom. The van der Waals surface area contributed by atoms with Gasteiger partial charge in [-0.2, -0.15) is 0 Å². The summed E-state index contributed by atoms with van der Waals surface area (Å²) in [5, 5.41) is 9.25. The van der Waals surface area contributed by atoms with Crippen LogP contribution in [0.1, 0.15) is 56.6 Å². The van der Waals surface area contributed by atoms with Gasteiger partial charge >= 0.3 is 6.09 Å². The molecule has 0 aromatic carbocycles. The summed E-state index contributed by atoms with van der Waals surface area (Å²) in [7, 11) is 0. The topological polar surface area (TPSA) is 88.5 Å². The molecule has 3 rings (SSSR count). The predicted octanol–water partition coefficient (Wildman–Crippen LogP) is 2.80. The Morgan fingerprint density at radius 3 is 2.60 bits per heavy atom. The van der Waals surface area contributed by atoms with Crippen molar-refractivity contribution in [1.82, 2.24) is 14.6 Å². The molecule has 2 aliphatic rings. The number of nitrogens with zero attached hydrogens (tertiary/aromatic N) is 2. The molecule has 2 heterocycles. The first-order valence-corrected chi connectivity index (χ1v) is 9.90. The molecule has 0 bridgehead atoms. The number of fused-ring (bicyclic) bond motifs is 1. The van der Waals surface area contributed by atoms with Gasteiger partial charge < -0.3 is 14.6 Å². The zero-order valence-corrected chi connectivity index (χ0v) is 16.2. The highest BCUT2D eigenvalue weighted by molar-refractivity contribution is 7.90. The van der Waals surface area contributed by atoms with E-state index in [1.807, 2.05) is 33.8 Å². The highest BCUT2D eigenvalue weighted by atomic mass is 32.2. The smallest absolute Gasteiger partial charge is 0.407 e. The number of aryl methyl sites for hydroxylation is 1. The van der Waals surface area contributed by atoms with E-state index in [2.05, 4.69) is 10.8 Å². The van der Waals surface area contributed by atoms with Crippen LogP contribution in [0, 0.1) is 12.3 Å². The number of hydrogen-bond acceptors (Lipinski definition) is 4. The number of piperidine rings is 1. The van der Waals surface area contributed by atoms with Gasteiger partial charge in [-0.25, -0.2) is 4.79 Å². The van der Waals surface area contributed by atoms with Gasteiger partial charge in [-0.15, -0.1) is 4.72 Å². The Bertz CT molecular complexity index is 666. The summed E-state index contributed by atoms with van der Waals surface area (Å²) in [4.78, 5) is 17.4. The van der Waals surface area contributed by atoms with Crippen molar-refractivity contribution in [3.05, 3.63) is 29.1 Å². The highest BCUT2D eigenvalue weighted by Gasteiger charge is 2.51. The second-order valence-corrected chi connectivity index (χ2v) is 10.2. The molecule has 25 heavy (non-hydrogen) atoms. The first-order chi connectivity index (χ1) is 11.6. The molecule has 0 radical (unpaired) electrons. The third kappa shape index (κ3) is 3.50. The van der Waals surface area contributed by atoms with Gasteiger partial charge in [-0.1, -0.05) is 6.07 Å². The molecule has 0 saturated carbocycles. The fourth-order valence-corrected chi connectivity index (χ4v) is 4.82. The summed E-state index contributed by atoms with van der Waals surface area (Å²) < 4.78 is 15.8. The predicted molar refractivity (Wildman–Crippen MR) is 97.7 cm³/mol. The Hall–Kier alpha value is -1.31. The molecule has 1 saturated heterocycles. The monoisotopic (exact) mass is 365 g/mol. The molecule has 1 aromatic rings. The Balaban J connectivity index is 1.90. The fourth-order valence-electron chi connectivity index (χ4n) is 3.87. The Labute approximate surface area is 152 Å². The molecule has 2 N–H and O–H groups in total. The third-order valence-electron chi connectivity index (χ3n) is 5.40. The van der Waals surface area contributed by atoms with Crippen LogP contribution in [0.3, 0.4) is 0 Å². The summed E-state index contributed by atoms with van der Waals surface area (Å²) in [6, 6.07) is 4.04. The average molecular weight is 365 g/mol. The Kier molecular flexibility index (Phi) is 4.77. The molecule has 7 heteroatoms. The number of nitrogens with one attached hydrogen (secondary N) is 1. The van der Waals surface area contributed by atoms with E-state index in [-0.39, 0.29) is 16.2 Å². The molecule has 1 aliphatic carbocycles. The van der Waals surface area contributed by atoms with E-state index in [9.17, 15) is 14.5 Å². The van der Waals surface area contributed by atoms with Gasteiger partial charge in [0.15, 0.2) is 0 Å². The second kappa shape index (κ2) is 6.45. The number of carboxylic acid groups (broad SMARTS) is 1. The van der Waals surface area contributed by atoms with E-state index in [1.165, 1.54) is 4.90 Å². The minimum absolute atomic E-state index is 0.0494. The number of carbonyl (C=O) groups is 1. The number of aromatic nitrogens is 1. The lowest BCUT2D eigenvalue weighted by molar-refractivity contribution is 0.0762. The number of pyridine rings is 1. The maximum atomic E-state index is 12.8. The number of amides is 1. The lowest BCUT2D eigenvalue weighted by Gasteiger charge is -2.42. The molecule has 6 nitrogen and oxygen atoms in total. The van der Waals surface area contributed by atoms with Crippen LogP contribution in [0.25, 0.3) is 0 Å². The van der Waals surface area contributed by atoms with E-state index in [4.69, 9.17) is 4.98 Å². The highest BCUT2D eigenvalue weighted by Crippen LogP contribution is 2.52. The van der Waals surface area contributed by atoms with Crippen LogP contribution in [-0.2, 0) is 17.8 Å². The van der Waals surface area contributed by atoms with Crippen molar-refractivity contribution in [2.75, 3.05) is 13.1 Å². The summed E-state index contributed by atoms with van der Waals surface area (Å²) in [6.07, 6.45) is 1.47. The van der Waals surface area contributed by atoms with Crippen molar-refractivity contribution in [2.45, 2.75) is 57.7 Å². The second-order valence-electron chi connectivity index (χ2n) is 8.23. The number of likely N-dealkylation sites (tertiary alicyclic amines) is 1. The van der Waals surface area contributed by atoms with Crippen LogP contribution >= 0.6 is 0 Å². The van der Waals surface area contributed by atoms with E-state index in [1.54, 1.807) is 0 Å². The molecule has 1 aromatic heterocycles. The minimum Gasteiger partial charge on any atom is -0.598 e. The van der Waals surface area contributed by atoms with E-state index >= 15 is 0 Å². The quantitative estimate of drug-likeness (QED) is 0.787. The molecule has 2 atom stereocenters. The van der Waals surface area contributed by atoms with Gasteiger partial charge in [0, 0.05) is 41.3 Å². The summed E-state index contributed by atoms with van der Waals surface area (Å²) in [6.45, 7) is 8.89. The zero-order valence-electron chi connectivity index (χ0n) is 15.3.